The molecule has 1 aliphatic rings. The molecule has 0 unspecified atom stereocenters. The molecule has 0 heterocycles. The fourth-order valence-corrected chi connectivity index (χ4v) is 6.28. The number of likely N-dealkylation sites (N-methyl/N-ethyl adjacent to an activating group) is 1. The molecule has 21 nitrogen and oxygen atoms in total. The van der Waals surface area contributed by atoms with Crippen molar-refractivity contribution in [3.63, 3.8) is 0 Å². The Labute approximate surface area is 406 Å². The van der Waals surface area contributed by atoms with Crippen molar-refractivity contribution in [2.24, 2.45) is 0 Å². The highest BCUT2D eigenvalue weighted by atomic mass is 16.6. The van der Waals surface area contributed by atoms with Gasteiger partial charge in [0.2, 0.25) is 5.91 Å². The first kappa shape index (κ1) is 59.4. The van der Waals surface area contributed by atoms with Gasteiger partial charge in [0, 0.05) is 26.1 Å². The van der Waals surface area contributed by atoms with E-state index in [1.54, 1.807) is 7.05 Å². The summed E-state index contributed by atoms with van der Waals surface area (Å²) in [7, 11) is 1.71. The van der Waals surface area contributed by atoms with E-state index in [2.05, 4.69) is 34.3 Å². The number of nitrogens with one attached hydrogen (secondary N) is 1. The van der Waals surface area contributed by atoms with Crippen LogP contribution in [-0.2, 0) is 80.6 Å². The van der Waals surface area contributed by atoms with E-state index in [0.29, 0.717) is 185 Å². The molecule has 3 rings (SSSR count). The Balaban J connectivity index is 0.912. The molecule has 0 spiro atoms. The minimum Gasteiger partial charge on any atom is -0.480 e. The number of nitrogens with zero attached hydrogens (tertiary/aromatic N) is 1. The maximum Gasteiger partial charge on any atom is 0.409 e. The first-order chi connectivity index (χ1) is 34.0. The molecule has 392 valence electrons. The summed E-state index contributed by atoms with van der Waals surface area (Å²) < 4.78 is 81.8. The standard InChI is InChI=1S/C48H76N2O19/c1-50(48(54)69-38-45-43-8-4-2-6-41(43)42-7-3-5-9-44(42)45)11-13-56-15-17-58-19-21-60-23-25-62-27-29-64-31-33-66-35-37-67-36-34-65-32-30-63-28-26-61-24-22-59-20-18-57-16-14-55-12-10-49-46(51)39-68-40-47(52)53/h2-9,45H,10-40H2,1H3,(H,49,51)(H,52,53). The maximum absolute atomic E-state index is 12.6. The second-order valence-electron chi connectivity index (χ2n) is 14.9. The monoisotopic (exact) mass is 985 g/mol. The van der Waals surface area contributed by atoms with Crippen molar-refractivity contribution < 1.29 is 90.5 Å². The van der Waals surface area contributed by atoms with Crippen LogP contribution in [0.25, 0.3) is 11.1 Å². The summed E-state index contributed by atoms with van der Waals surface area (Å²) in [5.41, 5.74) is 4.77. The molecule has 2 amide bonds. The lowest BCUT2D eigenvalue weighted by Gasteiger charge is -2.19. The molecule has 21 heteroatoms. The molecule has 1 aliphatic carbocycles. The summed E-state index contributed by atoms with van der Waals surface area (Å²) in [5.74, 6) is -1.50. The summed E-state index contributed by atoms with van der Waals surface area (Å²) in [4.78, 5) is 35.9. The lowest BCUT2D eigenvalue weighted by molar-refractivity contribution is -0.143. The zero-order valence-electron chi connectivity index (χ0n) is 40.4. The van der Waals surface area contributed by atoms with Gasteiger partial charge in [0.1, 0.15) is 19.8 Å². The Morgan fingerprint density at radius 1 is 0.449 bits per heavy atom. The van der Waals surface area contributed by atoms with Crippen LogP contribution in [0.4, 0.5) is 4.79 Å². The van der Waals surface area contributed by atoms with E-state index >= 15 is 0 Å². The molecule has 0 fully saturated rings. The highest BCUT2D eigenvalue weighted by molar-refractivity contribution is 5.79. The topological polar surface area (TPSA) is 225 Å². The van der Waals surface area contributed by atoms with E-state index in [9.17, 15) is 14.4 Å². The molecule has 0 aliphatic heterocycles. The molecule has 2 N–H and O–H groups in total. The number of ether oxygens (including phenoxy) is 15. The van der Waals surface area contributed by atoms with Crippen LogP contribution in [0.5, 0.6) is 0 Å². The molecular formula is C48H76N2O19. The van der Waals surface area contributed by atoms with Gasteiger partial charge in [-0.2, -0.15) is 0 Å². The van der Waals surface area contributed by atoms with Gasteiger partial charge >= 0.3 is 12.1 Å². The summed E-state index contributed by atoms with van der Waals surface area (Å²) in [6.45, 7) is 11.7. The van der Waals surface area contributed by atoms with E-state index in [1.165, 1.54) is 27.2 Å². The van der Waals surface area contributed by atoms with E-state index < -0.39 is 18.5 Å². The third-order valence-corrected chi connectivity index (χ3v) is 9.71. The molecule has 0 bridgehead atoms. The van der Waals surface area contributed by atoms with Gasteiger partial charge in [0.15, 0.2) is 0 Å². The van der Waals surface area contributed by atoms with Crippen LogP contribution in [0.2, 0.25) is 0 Å². The van der Waals surface area contributed by atoms with E-state index in [4.69, 9.17) is 71.4 Å². The Morgan fingerprint density at radius 2 is 0.768 bits per heavy atom. The molecule has 2 aromatic carbocycles. The largest absolute Gasteiger partial charge is 0.480 e. The smallest absolute Gasteiger partial charge is 0.409 e. The van der Waals surface area contributed by atoms with Crippen molar-refractivity contribution in [1.29, 1.82) is 0 Å². The zero-order chi connectivity index (χ0) is 49.1. The number of carbonyl (C=O) groups excluding carboxylic acids is 2. The van der Waals surface area contributed by atoms with Crippen LogP contribution in [0.1, 0.15) is 17.0 Å². The van der Waals surface area contributed by atoms with Crippen LogP contribution >= 0.6 is 0 Å². The number of aliphatic carboxylic acids is 1. The van der Waals surface area contributed by atoms with Gasteiger partial charge in [-0.05, 0) is 22.3 Å². The Bertz CT molecular complexity index is 1550. The normalized spacial score (nSPS) is 12.0. The summed E-state index contributed by atoms with van der Waals surface area (Å²) in [6.07, 6.45) is -0.373. The fraction of sp³-hybridized carbons (Fsp3) is 0.688. The minimum atomic E-state index is -1.13. The van der Waals surface area contributed by atoms with Crippen LogP contribution in [0.15, 0.2) is 48.5 Å². The molecule has 0 saturated carbocycles. The highest BCUT2D eigenvalue weighted by Gasteiger charge is 2.29. The van der Waals surface area contributed by atoms with E-state index in [0.717, 1.165) is 0 Å². The number of amides is 2. The lowest BCUT2D eigenvalue weighted by atomic mass is 9.98. The number of carboxylic acids is 1. The molecule has 0 aromatic heterocycles. The fourth-order valence-electron chi connectivity index (χ4n) is 6.28. The van der Waals surface area contributed by atoms with Gasteiger partial charge in [-0.1, -0.05) is 48.5 Å². The Kier molecular flexibility index (Phi) is 36.0. The van der Waals surface area contributed by atoms with Gasteiger partial charge in [-0.3, -0.25) is 4.79 Å². The average molecular weight is 985 g/mol. The second-order valence-corrected chi connectivity index (χ2v) is 14.9. The van der Waals surface area contributed by atoms with Crippen LogP contribution in [0, 0.1) is 0 Å². The predicted molar refractivity (Wildman–Crippen MR) is 250 cm³/mol. The van der Waals surface area contributed by atoms with Crippen molar-refractivity contribution in [3.05, 3.63) is 59.7 Å². The number of benzene rings is 2. The number of hydrogen-bond acceptors (Lipinski definition) is 18. The third kappa shape index (κ3) is 30.4. The maximum atomic E-state index is 12.6. The van der Waals surface area contributed by atoms with Gasteiger partial charge in [-0.15, -0.1) is 0 Å². The Hall–Kier alpha value is -3.91. The molecule has 0 saturated heterocycles. The second kappa shape index (κ2) is 41.8. The van der Waals surface area contributed by atoms with Crippen molar-refractivity contribution in [2.45, 2.75) is 5.92 Å². The van der Waals surface area contributed by atoms with Crippen molar-refractivity contribution in [2.75, 3.05) is 212 Å². The third-order valence-electron chi connectivity index (χ3n) is 9.71. The summed E-state index contributed by atoms with van der Waals surface area (Å²) >= 11 is 0. The van der Waals surface area contributed by atoms with Crippen molar-refractivity contribution in [1.82, 2.24) is 10.2 Å². The summed E-state index contributed by atoms with van der Waals surface area (Å²) in [6, 6.07) is 16.5. The lowest BCUT2D eigenvalue weighted by Crippen LogP contribution is -2.32. The van der Waals surface area contributed by atoms with Crippen molar-refractivity contribution >= 4 is 18.0 Å². The molecule has 0 atom stereocenters. The summed E-state index contributed by atoms with van der Waals surface area (Å²) in [5, 5.41) is 11.0. The van der Waals surface area contributed by atoms with Crippen LogP contribution in [0.3, 0.4) is 0 Å². The highest BCUT2D eigenvalue weighted by Crippen LogP contribution is 2.44. The number of fused-ring (bicyclic) bond motifs is 3. The molecule has 2 aromatic rings. The van der Waals surface area contributed by atoms with Crippen molar-refractivity contribution in [3.8, 4) is 11.1 Å². The SMILES string of the molecule is CN(CCOCCOCCOCCOCCOCCOCCOCCOCCOCCOCCOCCOCCOCCNC(=O)COCC(=O)O)C(=O)OCC1c2ccccc2-c2ccccc21. The minimum absolute atomic E-state index is 0.0287. The molecule has 0 radical (unpaired) electrons. The van der Waals surface area contributed by atoms with Crippen LogP contribution in [-0.4, -0.2) is 240 Å². The van der Waals surface area contributed by atoms with E-state index in [-0.39, 0.29) is 25.2 Å². The van der Waals surface area contributed by atoms with Gasteiger partial charge in [-0.25, -0.2) is 9.59 Å². The first-order valence-electron chi connectivity index (χ1n) is 23.6. The molecular weight excluding hydrogens is 909 g/mol. The van der Waals surface area contributed by atoms with E-state index in [1.807, 2.05) is 24.3 Å². The number of rotatable bonds is 48. The average Bonchev–Trinajstić information content (AvgIpc) is 3.67. The zero-order valence-corrected chi connectivity index (χ0v) is 40.4. The van der Waals surface area contributed by atoms with Gasteiger partial charge < -0.3 is 86.4 Å². The van der Waals surface area contributed by atoms with Crippen LogP contribution < -0.4 is 5.32 Å². The number of hydrogen-bond donors (Lipinski definition) is 2. The van der Waals surface area contributed by atoms with Gasteiger partial charge in [0.25, 0.3) is 0 Å². The number of carbonyl (C=O) groups is 3. The number of carboxylic acid groups (broad SMARTS) is 1. The quantitative estimate of drug-likeness (QED) is 0.0908. The Morgan fingerprint density at radius 3 is 1.12 bits per heavy atom. The predicted octanol–water partition coefficient (Wildman–Crippen LogP) is 2.30. The van der Waals surface area contributed by atoms with Gasteiger partial charge in [0.05, 0.1) is 172 Å². The first-order valence-corrected chi connectivity index (χ1v) is 23.6. The molecule has 69 heavy (non-hydrogen) atoms.